The van der Waals surface area contributed by atoms with Gasteiger partial charge in [0.15, 0.2) is 11.5 Å². The van der Waals surface area contributed by atoms with Gasteiger partial charge in [-0.1, -0.05) is 17.7 Å². The summed E-state index contributed by atoms with van der Waals surface area (Å²) >= 11 is 5.87. The average Bonchev–Trinajstić information content (AvgIpc) is 3.16. The van der Waals surface area contributed by atoms with Crippen molar-refractivity contribution in [1.82, 2.24) is 9.97 Å². The first kappa shape index (κ1) is 17.8. The number of hydrogen-bond donors (Lipinski definition) is 2. The number of nitrogens with one attached hydrogen (secondary N) is 2. The topological polar surface area (TPSA) is 111 Å². The van der Waals surface area contributed by atoms with Gasteiger partial charge in [0.1, 0.15) is 6.33 Å². The Morgan fingerprint density at radius 1 is 1.07 bits per heavy atom. The molecule has 1 aliphatic rings. The van der Waals surface area contributed by atoms with E-state index in [0.717, 1.165) is 5.56 Å². The van der Waals surface area contributed by atoms with E-state index < -0.39 is 4.92 Å². The molecule has 2 N–H and O–H groups in total. The number of nitro groups is 1. The molecule has 0 atom stereocenters. The minimum Gasteiger partial charge on any atom is -0.454 e. The maximum atomic E-state index is 11.6. The molecule has 0 fully saturated rings. The molecule has 2 aromatic carbocycles. The Hall–Kier alpha value is -3.59. The fraction of sp³-hybridized carbons (Fsp3) is 0.111. The number of anilines is 3. The van der Waals surface area contributed by atoms with Crippen LogP contribution in [0.5, 0.6) is 11.5 Å². The summed E-state index contributed by atoms with van der Waals surface area (Å²) in [6, 6.07) is 12.2. The van der Waals surface area contributed by atoms with E-state index >= 15 is 0 Å². The molecular weight excluding hydrogens is 386 g/mol. The molecule has 142 valence electrons. The zero-order valence-electron chi connectivity index (χ0n) is 14.4. The number of nitrogens with zero attached hydrogens (tertiary/aromatic N) is 3. The molecule has 0 saturated carbocycles. The molecule has 9 nitrogen and oxygen atoms in total. The molecule has 0 bridgehead atoms. The lowest BCUT2D eigenvalue weighted by Crippen LogP contribution is -2.08. The van der Waals surface area contributed by atoms with E-state index in [1.54, 1.807) is 30.3 Å². The number of aromatic nitrogens is 2. The molecule has 3 aromatic rings. The van der Waals surface area contributed by atoms with E-state index in [2.05, 4.69) is 20.6 Å². The van der Waals surface area contributed by atoms with Crippen molar-refractivity contribution in [3.05, 3.63) is 69.5 Å². The van der Waals surface area contributed by atoms with Gasteiger partial charge >= 0.3 is 5.69 Å². The smallest absolute Gasteiger partial charge is 0.353 e. The Kier molecular flexibility index (Phi) is 4.81. The first-order valence-corrected chi connectivity index (χ1v) is 8.62. The van der Waals surface area contributed by atoms with E-state index in [0.29, 0.717) is 28.8 Å². The minimum absolute atomic E-state index is 0.0792. The van der Waals surface area contributed by atoms with E-state index in [1.165, 1.54) is 6.33 Å². The standard InChI is InChI=1S/C18H14ClN5O4/c19-12-2-4-13(5-3-12)23-18-16(24(25)26)17(21-9-22-18)20-8-11-1-6-14-15(7-11)28-10-27-14/h1-7,9H,8,10H2,(H2,20,21,22,23). The number of benzene rings is 2. The fourth-order valence-corrected chi connectivity index (χ4v) is 2.81. The highest BCUT2D eigenvalue weighted by Gasteiger charge is 2.23. The monoisotopic (exact) mass is 399 g/mol. The van der Waals surface area contributed by atoms with Gasteiger partial charge in [0.05, 0.1) is 4.92 Å². The van der Waals surface area contributed by atoms with Gasteiger partial charge in [0, 0.05) is 17.3 Å². The van der Waals surface area contributed by atoms with Crippen LogP contribution in [-0.2, 0) is 6.54 Å². The summed E-state index contributed by atoms with van der Waals surface area (Å²) in [5, 5.41) is 18.1. The van der Waals surface area contributed by atoms with Gasteiger partial charge in [-0.05, 0) is 42.0 Å². The summed E-state index contributed by atoms with van der Waals surface area (Å²) in [5.41, 5.74) is 1.23. The lowest BCUT2D eigenvalue weighted by Gasteiger charge is -2.10. The van der Waals surface area contributed by atoms with Crippen LogP contribution < -0.4 is 20.1 Å². The van der Waals surface area contributed by atoms with Crippen molar-refractivity contribution < 1.29 is 14.4 Å². The second-order valence-electron chi connectivity index (χ2n) is 5.85. The van der Waals surface area contributed by atoms with Crippen LogP contribution in [0, 0.1) is 10.1 Å². The number of ether oxygens (including phenoxy) is 2. The third-order valence-corrected chi connectivity index (χ3v) is 4.26. The van der Waals surface area contributed by atoms with Crippen LogP contribution in [0.25, 0.3) is 0 Å². The molecule has 0 unspecified atom stereocenters. The summed E-state index contributed by atoms with van der Waals surface area (Å²) in [6.07, 6.45) is 1.26. The molecule has 10 heteroatoms. The number of halogens is 1. The second-order valence-corrected chi connectivity index (χ2v) is 6.29. The van der Waals surface area contributed by atoms with Crippen LogP contribution >= 0.6 is 11.6 Å². The first-order valence-electron chi connectivity index (χ1n) is 8.24. The molecule has 4 rings (SSSR count). The van der Waals surface area contributed by atoms with Gasteiger partial charge in [-0.3, -0.25) is 10.1 Å². The van der Waals surface area contributed by atoms with Gasteiger partial charge in [-0.25, -0.2) is 9.97 Å². The predicted molar refractivity (Wildman–Crippen MR) is 103 cm³/mol. The average molecular weight is 400 g/mol. The second kappa shape index (κ2) is 7.57. The molecular formula is C18H14ClN5O4. The molecule has 0 spiro atoms. The molecule has 0 radical (unpaired) electrons. The zero-order chi connectivity index (χ0) is 19.5. The lowest BCUT2D eigenvalue weighted by atomic mass is 10.2. The van der Waals surface area contributed by atoms with Gasteiger partial charge in [0.2, 0.25) is 18.4 Å². The maximum Gasteiger partial charge on any atom is 0.353 e. The minimum atomic E-state index is -0.528. The Balaban J connectivity index is 1.56. The fourth-order valence-electron chi connectivity index (χ4n) is 2.68. The van der Waals surface area contributed by atoms with Crippen molar-refractivity contribution in [3.8, 4) is 11.5 Å². The largest absolute Gasteiger partial charge is 0.454 e. The Labute approximate surface area is 164 Å². The van der Waals surface area contributed by atoms with Crippen molar-refractivity contribution >= 4 is 34.6 Å². The molecule has 2 heterocycles. The van der Waals surface area contributed by atoms with Crippen molar-refractivity contribution in [2.24, 2.45) is 0 Å². The molecule has 0 saturated heterocycles. The molecule has 0 aliphatic carbocycles. The van der Waals surface area contributed by atoms with E-state index in [-0.39, 0.29) is 24.1 Å². The van der Waals surface area contributed by atoms with Crippen molar-refractivity contribution in [2.45, 2.75) is 6.54 Å². The highest BCUT2D eigenvalue weighted by molar-refractivity contribution is 6.30. The molecule has 0 amide bonds. The third-order valence-electron chi connectivity index (χ3n) is 4.01. The Bertz CT molecular complexity index is 1030. The van der Waals surface area contributed by atoms with E-state index in [4.69, 9.17) is 21.1 Å². The SMILES string of the molecule is O=[N+]([O-])c1c(NCc2ccc3c(c2)OCO3)ncnc1Nc1ccc(Cl)cc1. The highest BCUT2D eigenvalue weighted by Crippen LogP contribution is 2.34. The summed E-state index contributed by atoms with van der Waals surface area (Å²) < 4.78 is 10.6. The van der Waals surface area contributed by atoms with Gasteiger partial charge in [-0.2, -0.15) is 0 Å². The predicted octanol–water partition coefficient (Wildman–Crippen LogP) is 4.12. The molecule has 1 aromatic heterocycles. The molecule has 1 aliphatic heterocycles. The maximum absolute atomic E-state index is 11.6. The Morgan fingerprint density at radius 3 is 2.61 bits per heavy atom. The summed E-state index contributed by atoms with van der Waals surface area (Å²) in [7, 11) is 0. The van der Waals surface area contributed by atoms with E-state index in [1.807, 2.05) is 12.1 Å². The van der Waals surface area contributed by atoms with E-state index in [9.17, 15) is 10.1 Å². The van der Waals surface area contributed by atoms with Crippen molar-refractivity contribution in [1.29, 1.82) is 0 Å². The van der Waals surface area contributed by atoms with Crippen LogP contribution in [0.2, 0.25) is 5.02 Å². The van der Waals surface area contributed by atoms with Gasteiger partial charge < -0.3 is 20.1 Å². The van der Waals surface area contributed by atoms with Gasteiger partial charge in [0.25, 0.3) is 0 Å². The summed E-state index contributed by atoms with van der Waals surface area (Å²) in [4.78, 5) is 19.1. The summed E-state index contributed by atoms with van der Waals surface area (Å²) in [5.74, 6) is 1.50. The highest BCUT2D eigenvalue weighted by atomic mass is 35.5. The van der Waals surface area contributed by atoms with Gasteiger partial charge in [-0.15, -0.1) is 0 Å². The zero-order valence-corrected chi connectivity index (χ0v) is 15.1. The number of rotatable bonds is 6. The lowest BCUT2D eigenvalue weighted by molar-refractivity contribution is -0.383. The molecule has 28 heavy (non-hydrogen) atoms. The van der Waals surface area contributed by atoms with Crippen LogP contribution in [0.1, 0.15) is 5.56 Å². The van der Waals surface area contributed by atoms with Crippen LogP contribution in [0.4, 0.5) is 23.0 Å². The van der Waals surface area contributed by atoms with Crippen molar-refractivity contribution in [3.63, 3.8) is 0 Å². The van der Waals surface area contributed by atoms with Crippen LogP contribution in [-0.4, -0.2) is 21.7 Å². The van der Waals surface area contributed by atoms with Crippen LogP contribution in [0.3, 0.4) is 0 Å². The third kappa shape index (κ3) is 3.74. The first-order chi connectivity index (χ1) is 13.6. The number of fused-ring (bicyclic) bond motifs is 1. The van der Waals surface area contributed by atoms with Crippen molar-refractivity contribution in [2.75, 3.05) is 17.4 Å². The van der Waals surface area contributed by atoms with Crippen LogP contribution in [0.15, 0.2) is 48.8 Å². The Morgan fingerprint density at radius 2 is 1.82 bits per heavy atom. The summed E-state index contributed by atoms with van der Waals surface area (Å²) in [6.45, 7) is 0.498. The number of hydrogen-bond acceptors (Lipinski definition) is 8. The normalized spacial score (nSPS) is 11.9. The quantitative estimate of drug-likeness (QED) is 0.470.